The molecule has 0 aliphatic carbocycles. The Morgan fingerprint density at radius 1 is 1.04 bits per heavy atom. The third-order valence-corrected chi connectivity index (χ3v) is 5.82. The van der Waals surface area contributed by atoms with Crippen molar-refractivity contribution in [3.63, 3.8) is 0 Å². The largest absolute Gasteiger partial charge is 0.357 e. The number of hydrogen-bond acceptors (Lipinski definition) is 4. The number of hydrogen-bond donors (Lipinski definition) is 2. The molecule has 0 bridgehead atoms. The molecule has 158 valence electrons. The first kappa shape index (κ1) is 23.2. The molecule has 0 saturated carbocycles. The van der Waals surface area contributed by atoms with E-state index in [0.29, 0.717) is 0 Å². The molecule has 2 aliphatic rings. The standard InChI is InChI=1S/C21H36N6.HI/c1-21(2,27-13-5-4-6-14-27)17-25-20(22-3)24-16-18-9-10-19(23-15-18)26-11-7-8-12-26;/h9-10,15H,4-8,11-14,16-17H2,1-3H3,(H2,22,24,25);1H. The summed E-state index contributed by atoms with van der Waals surface area (Å²) >= 11 is 0. The van der Waals surface area contributed by atoms with Crippen molar-refractivity contribution in [2.45, 2.75) is 58.0 Å². The minimum Gasteiger partial charge on any atom is -0.357 e. The van der Waals surface area contributed by atoms with Crippen molar-refractivity contribution in [2.24, 2.45) is 4.99 Å². The van der Waals surface area contributed by atoms with Crippen LogP contribution >= 0.6 is 24.0 Å². The monoisotopic (exact) mass is 500 g/mol. The van der Waals surface area contributed by atoms with Gasteiger partial charge in [0.25, 0.3) is 0 Å². The normalized spacial score (nSPS) is 18.7. The molecule has 1 aromatic heterocycles. The lowest BCUT2D eigenvalue weighted by Gasteiger charge is -2.41. The second kappa shape index (κ2) is 11.2. The molecule has 0 unspecified atom stereocenters. The Bertz CT molecular complexity index is 604. The summed E-state index contributed by atoms with van der Waals surface area (Å²) in [5, 5.41) is 6.92. The molecule has 0 spiro atoms. The summed E-state index contributed by atoms with van der Waals surface area (Å²) in [6.07, 6.45) is 8.54. The van der Waals surface area contributed by atoms with E-state index in [2.05, 4.69) is 56.4 Å². The number of aliphatic imine (C=N–C) groups is 1. The number of piperidine rings is 1. The molecule has 0 atom stereocenters. The average Bonchev–Trinajstić information content (AvgIpc) is 3.24. The number of likely N-dealkylation sites (tertiary alicyclic amines) is 1. The first-order valence-corrected chi connectivity index (χ1v) is 10.5. The van der Waals surface area contributed by atoms with Crippen LogP contribution in [0.4, 0.5) is 5.82 Å². The summed E-state index contributed by atoms with van der Waals surface area (Å²) in [7, 11) is 1.83. The fourth-order valence-electron chi connectivity index (χ4n) is 3.97. The first-order chi connectivity index (χ1) is 13.1. The van der Waals surface area contributed by atoms with Crippen molar-refractivity contribution in [3.05, 3.63) is 23.9 Å². The maximum Gasteiger partial charge on any atom is 0.191 e. The number of pyridine rings is 1. The predicted molar refractivity (Wildman–Crippen MR) is 129 cm³/mol. The van der Waals surface area contributed by atoms with Crippen molar-refractivity contribution in [1.29, 1.82) is 0 Å². The smallest absolute Gasteiger partial charge is 0.191 e. The third kappa shape index (κ3) is 6.47. The number of guanidine groups is 1. The van der Waals surface area contributed by atoms with Gasteiger partial charge in [0.05, 0.1) is 0 Å². The molecule has 2 saturated heterocycles. The summed E-state index contributed by atoms with van der Waals surface area (Å²) in [5.41, 5.74) is 1.31. The second-order valence-corrected chi connectivity index (χ2v) is 8.36. The Morgan fingerprint density at radius 2 is 1.71 bits per heavy atom. The molecular formula is C21H37IN6. The number of rotatable bonds is 6. The van der Waals surface area contributed by atoms with Crippen LogP contribution in [0.15, 0.2) is 23.3 Å². The van der Waals surface area contributed by atoms with Gasteiger partial charge in [0.15, 0.2) is 5.96 Å². The highest BCUT2D eigenvalue weighted by Gasteiger charge is 2.27. The van der Waals surface area contributed by atoms with Crippen LogP contribution < -0.4 is 15.5 Å². The number of aromatic nitrogens is 1. The van der Waals surface area contributed by atoms with Crippen molar-refractivity contribution < 1.29 is 0 Å². The highest BCUT2D eigenvalue weighted by molar-refractivity contribution is 14.0. The maximum absolute atomic E-state index is 4.63. The summed E-state index contributed by atoms with van der Waals surface area (Å²) in [5.74, 6) is 1.95. The SMILES string of the molecule is CN=C(NCc1ccc(N2CCCC2)nc1)NCC(C)(C)N1CCCCC1.I. The van der Waals surface area contributed by atoms with Crippen LogP contribution in [0.2, 0.25) is 0 Å². The van der Waals surface area contributed by atoms with Crippen LogP contribution in [0.1, 0.15) is 51.5 Å². The number of halogens is 1. The van der Waals surface area contributed by atoms with E-state index in [4.69, 9.17) is 0 Å². The molecule has 0 aromatic carbocycles. The van der Waals surface area contributed by atoms with Crippen LogP contribution in [0, 0.1) is 0 Å². The zero-order valence-corrected chi connectivity index (χ0v) is 20.0. The van der Waals surface area contributed by atoms with Gasteiger partial charge in [-0.05, 0) is 64.3 Å². The van der Waals surface area contributed by atoms with Gasteiger partial charge in [-0.15, -0.1) is 24.0 Å². The van der Waals surface area contributed by atoms with Gasteiger partial charge in [-0.3, -0.25) is 9.89 Å². The minimum atomic E-state index is 0. The molecule has 3 heterocycles. The fraction of sp³-hybridized carbons (Fsp3) is 0.714. The molecule has 6 nitrogen and oxygen atoms in total. The maximum atomic E-state index is 4.63. The number of nitrogens with zero attached hydrogens (tertiary/aromatic N) is 4. The summed E-state index contributed by atoms with van der Waals surface area (Å²) in [4.78, 5) is 14.0. The molecule has 7 heteroatoms. The van der Waals surface area contributed by atoms with E-state index in [1.807, 2.05) is 13.2 Å². The van der Waals surface area contributed by atoms with Gasteiger partial charge >= 0.3 is 0 Å². The van der Waals surface area contributed by atoms with Gasteiger partial charge in [0.2, 0.25) is 0 Å². The van der Waals surface area contributed by atoms with E-state index in [1.165, 1.54) is 50.8 Å². The van der Waals surface area contributed by atoms with Crippen molar-refractivity contribution in [2.75, 3.05) is 44.7 Å². The quantitative estimate of drug-likeness (QED) is 0.357. The lowest BCUT2D eigenvalue weighted by atomic mass is 9.98. The fourth-order valence-corrected chi connectivity index (χ4v) is 3.97. The van der Waals surface area contributed by atoms with E-state index >= 15 is 0 Å². The van der Waals surface area contributed by atoms with Crippen LogP contribution in [-0.4, -0.2) is 61.2 Å². The number of anilines is 1. The van der Waals surface area contributed by atoms with E-state index in [-0.39, 0.29) is 29.5 Å². The molecular weight excluding hydrogens is 463 g/mol. The molecule has 2 fully saturated rings. The minimum absolute atomic E-state index is 0. The van der Waals surface area contributed by atoms with Gasteiger partial charge in [-0.2, -0.15) is 0 Å². The van der Waals surface area contributed by atoms with Crippen LogP contribution in [0.25, 0.3) is 0 Å². The van der Waals surface area contributed by atoms with Gasteiger partial charge < -0.3 is 15.5 Å². The Balaban J connectivity index is 0.00000280. The Morgan fingerprint density at radius 3 is 2.32 bits per heavy atom. The van der Waals surface area contributed by atoms with Gasteiger partial charge in [0.1, 0.15) is 5.82 Å². The van der Waals surface area contributed by atoms with Crippen molar-refractivity contribution in [3.8, 4) is 0 Å². The molecule has 2 aliphatic heterocycles. The zero-order chi connectivity index (χ0) is 19.1. The van der Waals surface area contributed by atoms with Crippen LogP contribution in [-0.2, 0) is 6.54 Å². The van der Waals surface area contributed by atoms with Crippen LogP contribution in [0.5, 0.6) is 0 Å². The summed E-state index contributed by atoms with van der Waals surface area (Å²) in [6.45, 7) is 10.9. The Kier molecular flexibility index (Phi) is 9.27. The van der Waals surface area contributed by atoms with Crippen molar-refractivity contribution in [1.82, 2.24) is 20.5 Å². The van der Waals surface area contributed by atoms with Gasteiger partial charge in [0, 0.05) is 45.0 Å². The molecule has 0 radical (unpaired) electrons. The van der Waals surface area contributed by atoms with E-state index in [1.54, 1.807) is 0 Å². The molecule has 2 N–H and O–H groups in total. The van der Waals surface area contributed by atoms with Crippen LogP contribution in [0.3, 0.4) is 0 Å². The summed E-state index contributed by atoms with van der Waals surface area (Å²) < 4.78 is 0. The highest BCUT2D eigenvalue weighted by atomic mass is 127. The lowest BCUT2D eigenvalue weighted by Crippen LogP contribution is -2.54. The van der Waals surface area contributed by atoms with Gasteiger partial charge in [-0.25, -0.2) is 4.98 Å². The first-order valence-electron chi connectivity index (χ1n) is 10.5. The average molecular weight is 500 g/mol. The van der Waals surface area contributed by atoms with Gasteiger partial charge in [-0.1, -0.05) is 12.5 Å². The summed E-state index contributed by atoms with van der Waals surface area (Å²) in [6, 6.07) is 4.30. The van der Waals surface area contributed by atoms with E-state index in [0.717, 1.165) is 38.0 Å². The van der Waals surface area contributed by atoms with E-state index < -0.39 is 0 Å². The molecule has 28 heavy (non-hydrogen) atoms. The molecule has 3 rings (SSSR count). The molecule has 0 amide bonds. The Hall–Kier alpha value is -1.09. The highest BCUT2D eigenvalue weighted by Crippen LogP contribution is 2.20. The Labute approximate surface area is 187 Å². The second-order valence-electron chi connectivity index (χ2n) is 8.36. The predicted octanol–water partition coefficient (Wildman–Crippen LogP) is 3.23. The topological polar surface area (TPSA) is 55.8 Å². The molecule has 1 aromatic rings. The third-order valence-electron chi connectivity index (χ3n) is 5.82. The van der Waals surface area contributed by atoms with E-state index in [9.17, 15) is 0 Å². The zero-order valence-electron chi connectivity index (χ0n) is 17.7. The lowest BCUT2D eigenvalue weighted by molar-refractivity contribution is 0.0982. The van der Waals surface area contributed by atoms with Crippen molar-refractivity contribution >= 4 is 35.8 Å². The number of nitrogens with one attached hydrogen (secondary N) is 2.